The molecule has 1 aromatic heterocycles. The number of aryl methyl sites for hydroxylation is 1. The van der Waals surface area contributed by atoms with Gasteiger partial charge in [0.25, 0.3) is 0 Å². The van der Waals surface area contributed by atoms with Gasteiger partial charge in [-0.15, -0.1) is 0 Å². The van der Waals surface area contributed by atoms with E-state index in [1.165, 1.54) is 5.56 Å². The summed E-state index contributed by atoms with van der Waals surface area (Å²) in [5, 5.41) is 6.51. The Morgan fingerprint density at radius 1 is 1.24 bits per heavy atom. The molecule has 5 rings (SSSR count). The van der Waals surface area contributed by atoms with E-state index in [0.717, 1.165) is 30.8 Å². The van der Waals surface area contributed by atoms with Gasteiger partial charge in [0.2, 0.25) is 5.95 Å². The van der Waals surface area contributed by atoms with Gasteiger partial charge in [-0.2, -0.15) is 4.98 Å². The fourth-order valence-electron chi connectivity index (χ4n) is 3.87. The van der Waals surface area contributed by atoms with Crippen LogP contribution in [0, 0.1) is 12.7 Å². The van der Waals surface area contributed by atoms with Gasteiger partial charge in [-0.1, -0.05) is 6.07 Å². The lowest BCUT2D eigenvalue weighted by atomic mass is 9.89. The highest BCUT2D eigenvalue weighted by molar-refractivity contribution is 5.86. The largest absolute Gasteiger partial charge is 0.338 e. The highest BCUT2D eigenvalue weighted by Gasteiger charge is 2.43. The molecule has 2 atom stereocenters. The van der Waals surface area contributed by atoms with Gasteiger partial charge < -0.3 is 15.5 Å². The first kappa shape index (κ1) is 14.8. The molecule has 7 heteroatoms. The van der Waals surface area contributed by atoms with Crippen molar-refractivity contribution in [2.24, 2.45) is 4.99 Å². The molecular weight excluding hydrogens is 319 g/mol. The van der Waals surface area contributed by atoms with E-state index in [0.29, 0.717) is 30.3 Å². The number of aromatic nitrogens is 2. The van der Waals surface area contributed by atoms with Gasteiger partial charge >= 0.3 is 0 Å². The SMILES string of the molecule is Cc1nc(N2C3CNCC2C3)nc(Nc2ccc3c(c2)C=NC3)c1F. The van der Waals surface area contributed by atoms with Gasteiger partial charge in [-0.25, -0.2) is 9.37 Å². The van der Waals surface area contributed by atoms with Crippen molar-refractivity contribution in [2.45, 2.75) is 32.0 Å². The molecular formula is C18H19FN6. The third kappa shape index (κ3) is 2.38. The van der Waals surface area contributed by atoms with Crippen LogP contribution in [-0.4, -0.2) is 41.4 Å². The second-order valence-corrected chi connectivity index (χ2v) is 6.89. The van der Waals surface area contributed by atoms with Gasteiger partial charge in [0.05, 0.1) is 12.2 Å². The van der Waals surface area contributed by atoms with Crippen LogP contribution in [0.5, 0.6) is 0 Å². The zero-order valence-corrected chi connectivity index (χ0v) is 14.0. The van der Waals surface area contributed by atoms with E-state index in [1.807, 2.05) is 24.4 Å². The van der Waals surface area contributed by atoms with Crippen molar-refractivity contribution in [3.8, 4) is 0 Å². The molecule has 2 unspecified atom stereocenters. The van der Waals surface area contributed by atoms with Crippen LogP contribution in [-0.2, 0) is 6.54 Å². The summed E-state index contributed by atoms with van der Waals surface area (Å²) in [7, 11) is 0. The Bertz CT molecular complexity index is 866. The summed E-state index contributed by atoms with van der Waals surface area (Å²) >= 11 is 0. The van der Waals surface area contributed by atoms with Crippen molar-refractivity contribution in [1.29, 1.82) is 0 Å². The Morgan fingerprint density at radius 2 is 2.08 bits per heavy atom. The molecule has 2 saturated heterocycles. The highest BCUT2D eigenvalue weighted by atomic mass is 19.1. The van der Waals surface area contributed by atoms with Crippen molar-refractivity contribution < 1.29 is 4.39 Å². The smallest absolute Gasteiger partial charge is 0.228 e. The van der Waals surface area contributed by atoms with Crippen molar-refractivity contribution >= 4 is 23.7 Å². The predicted molar refractivity (Wildman–Crippen MR) is 95.3 cm³/mol. The number of nitrogens with one attached hydrogen (secondary N) is 2. The number of hydrogen-bond acceptors (Lipinski definition) is 6. The first-order chi connectivity index (χ1) is 12.2. The standard InChI is InChI=1S/C18H19FN6/c1-10-16(19)17(23-13-3-2-11-6-20-7-12(11)4-13)24-18(22-10)25-14-5-15(25)9-21-8-14/h2-4,7,14-15,21H,5-6,8-9H2,1H3,(H,22,23,24). The summed E-state index contributed by atoms with van der Waals surface area (Å²) in [6.45, 7) is 4.27. The molecule has 6 nitrogen and oxygen atoms in total. The number of piperidine rings is 1. The molecule has 0 amide bonds. The van der Waals surface area contributed by atoms with Crippen molar-refractivity contribution in [2.75, 3.05) is 23.3 Å². The second kappa shape index (κ2) is 5.49. The van der Waals surface area contributed by atoms with E-state index in [2.05, 4.69) is 30.5 Å². The number of aliphatic imine (C=N–C) groups is 1. The third-order valence-corrected chi connectivity index (χ3v) is 5.23. The zero-order valence-electron chi connectivity index (χ0n) is 14.0. The van der Waals surface area contributed by atoms with E-state index in [1.54, 1.807) is 6.92 Å². The summed E-state index contributed by atoms with van der Waals surface area (Å²) in [4.78, 5) is 15.3. The quantitative estimate of drug-likeness (QED) is 0.898. The number of piperazine rings is 1. The lowest BCUT2D eigenvalue weighted by Gasteiger charge is -2.53. The fraction of sp³-hybridized carbons (Fsp3) is 0.389. The minimum Gasteiger partial charge on any atom is -0.338 e. The normalized spacial score (nSPS) is 23.4. The highest BCUT2D eigenvalue weighted by Crippen LogP contribution is 2.34. The van der Waals surface area contributed by atoms with Gasteiger partial charge in [-0.3, -0.25) is 4.99 Å². The Morgan fingerprint density at radius 3 is 2.88 bits per heavy atom. The molecule has 2 fully saturated rings. The molecule has 3 aliphatic heterocycles. The molecule has 25 heavy (non-hydrogen) atoms. The van der Waals surface area contributed by atoms with Crippen LogP contribution in [0.25, 0.3) is 0 Å². The number of benzene rings is 1. The molecule has 2 bridgehead atoms. The number of halogens is 1. The number of hydrogen-bond donors (Lipinski definition) is 2. The molecule has 128 valence electrons. The molecule has 2 N–H and O–H groups in total. The maximum Gasteiger partial charge on any atom is 0.228 e. The average molecular weight is 338 g/mol. The Balaban J connectivity index is 1.47. The fourth-order valence-corrected chi connectivity index (χ4v) is 3.87. The summed E-state index contributed by atoms with van der Waals surface area (Å²) in [5.74, 6) is 0.448. The molecule has 0 saturated carbocycles. The van der Waals surface area contributed by atoms with E-state index in [-0.39, 0.29) is 5.82 Å². The number of rotatable bonds is 3. The Labute approximate surface area is 145 Å². The average Bonchev–Trinajstić information content (AvgIpc) is 3.07. The van der Waals surface area contributed by atoms with Crippen LogP contribution in [0.15, 0.2) is 23.2 Å². The van der Waals surface area contributed by atoms with Crippen LogP contribution < -0.4 is 15.5 Å². The molecule has 2 aromatic rings. The van der Waals surface area contributed by atoms with E-state index >= 15 is 0 Å². The van der Waals surface area contributed by atoms with Crippen molar-refractivity contribution in [3.05, 3.63) is 40.8 Å². The topological polar surface area (TPSA) is 65.4 Å². The maximum atomic E-state index is 14.6. The Kier molecular flexibility index (Phi) is 3.24. The lowest BCUT2D eigenvalue weighted by molar-refractivity contribution is 0.258. The lowest BCUT2D eigenvalue weighted by Crippen LogP contribution is -2.68. The van der Waals surface area contributed by atoms with Gasteiger partial charge in [-0.05, 0) is 36.6 Å². The minimum absolute atomic E-state index is 0.232. The van der Waals surface area contributed by atoms with Gasteiger partial charge in [0, 0.05) is 37.1 Å². The zero-order chi connectivity index (χ0) is 17.0. The molecule has 0 spiro atoms. The summed E-state index contributed by atoms with van der Waals surface area (Å²) < 4.78 is 14.6. The van der Waals surface area contributed by atoms with E-state index in [4.69, 9.17) is 0 Å². The second-order valence-electron chi connectivity index (χ2n) is 6.89. The third-order valence-electron chi connectivity index (χ3n) is 5.23. The minimum atomic E-state index is -0.401. The first-order valence-electron chi connectivity index (χ1n) is 8.62. The molecule has 0 radical (unpaired) electrons. The van der Waals surface area contributed by atoms with Crippen LogP contribution in [0.4, 0.5) is 21.8 Å². The summed E-state index contributed by atoms with van der Waals surface area (Å²) in [6, 6.07) is 6.75. The monoisotopic (exact) mass is 338 g/mol. The molecule has 4 heterocycles. The summed E-state index contributed by atoms with van der Waals surface area (Å²) in [6.07, 6.45) is 3.00. The van der Waals surface area contributed by atoms with Crippen molar-refractivity contribution in [1.82, 2.24) is 15.3 Å². The molecule has 1 aromatic carbocycles. The maximum absolute atomic E-state index is 14.6. The number of anilines is 3. The van der Waals surface area contributed by atoms with Crippen LogP contribution >= 0.6 is 0 Å². The molecule has 0 aliphatic carbocycles. The molecule has 3 aliphatic rings. The van der Waals surface area contributed by atoms with Gasteiger partial charge in [0.1, 0.15) is 0 Å². The van der Waals surface area contributed by atoms with Gasteiger partial charge in [0.15, 0.2) is 11.6 Å². The number of nitrogens with zero attached hydrogens (tertiary/aromatic N) is 4. The predicted octanol–water partition coefficient (Wildman–Crippen LogP) is 2.15. The van der Waals surface area contributed by atoms with Crippen LogP contribution in [0.1, 0.15) is 23.2 Å². The van der Waals surface area contributed by atoms with E-state index < -0.39 is 5.82 Å². The summed E-state index contributed by atoms with van der Waals surface area (Å²) in [5.41, 5.74) is 3.43. The van der Waals surface area contributed by atoms with Crippen LogP contribution in [0.2, 0.25) is 0 Å². The Hall–Kier alpha value is -2.54. The first-order valence-corrected chi connectivity index (χ1v) is 8.62. The number of fused-ring (bicyclic) bond motifs is 3. The van der Waals surface area contributed by atoms with Crippen LogP contribution in [0.3, 0.4) is 0 Å². The van der Waals surface area contributed by atoms with E-state index in [9.17, 15) is 4.39 Å². The van der Waals surface area contributed by atoms with Crippen molar-refractivity contribution in [3.63, 3.8) is 0 Å².